The Balaban J connectivity index is 2.45. The van der Waals surface area contributed by atoms with Crippen LogP contribution in [-0.2, 0) is 6.54 Å². The van der Waals surface area contributed by atoms with E-state index < -0.39 is 11.6 Å². The number of nitrogen functional groups attached to an aromatic ring is 1. The van der Waals surface area contributed by atoms with E-state index in [9.17, 15) is 13.6 Å². The van der Waals surface area contributed by atoms with Gasteiger partial charge in [-0.1, -0.05) is 11.8 Å². The molecule has 0 atom stereocenters. The fraction of sp³-hybridized carbons (Fsp3) is 0.167. The maximum atomic E-state index is 13.6. The van der Waals surface area contributed by atoms with Crippen molar-refractivity contribution in [3.63, 3.8) is 0 Å². The number of aryl methyl sites for hydroxylation is 1. The molecule has 0 spiro atoms. The molecule has 2 N–H and O–H groups in total. The van der Waals surface area contributed by atoms with Crippen molar-refractivity contribution in [1.82, 2.24) is 9.55 Å². The largest absolute Gasteiger partial charge is 0.399 e. The van der Waals surface area contributed by atoms with Crippen LogP contribution in [0.15, 0.2) is 39.2 Å². The van der Waals surface area contributed by atoms with E-state index in [1.165, 1.54) is 17.0 Å². The molecule has 0 aliphatic carbocycles. The molecular weight excluding hydrogens is 272 g/mol. The molecule has 0 saturated heterocycles. The van der Waals surface area contributed by atoms with E-state index >= 15 is 0 Å². The molecule has 2 rings (SSSR count). The van der Waals surface area contributed by atoms with Crippen LogP contribution in [0.3, 0.4) is 0 Å². The predicted molar refractivity (Wildman–Crippen MR) is 69.1 cm³/mol. The van der Waals surface area contributed by atoms with Gasteiger partial charge in [-0.05, 0) is 19.1 Å². The smallest absolute Gasteiger partial charge is 0.283 e. The first-order chi connectivity index (χ1) is 9.02. The van der Waals surface area contributed by atoms with E-state index in [2.05, 4.69) is 4.98 Å². The summed E-state index contributed by atoms with van der Waals surface area (Å²) in [6.45, 7) is 2.25. The zero-order valence-electron chi connectivity index (χ0n) is 10.1. The second-order valence-corrected chi connectivity index (χ2v) is 4.74. The molecule has 2 aromatic rings. The van der Waals surface area contributed by atoms with Crippen LogP contribution in [0.4, 0.5) is 14.5 Å². The summed E-state index contributed by atoms with van der Waals surface area (Å²) in [5.41, 5.74) is 4.93. The van der Waals surface area contributed by atoms with Crippen LogP contribution in [0.5, 0.6) is 0 Å². The van der Waals surface area contributed by atoms with E-state index in [0.29, 0.717) is 18.3 Å². The van der Waals surface area contributed by atoms with Crippen LogP contribution in [0.25, 0.3) is 0 Å². The lowest BCUT2D eigenvalue weighted by Crippen LogP contribution is -2.21. The minimum Gasteiger partial charge on any atom is -0.399 e. The first-order valence-electron chi connectivity index (χ1n) is 5.50. The van der Waals surface area contributed by atoms with E-state index in [1.54, 1.807) is 6.92 Å². The number of rotatable bonds is 3. The van der Waals surface area contributed by atoms with Gasteiger partial charge in [0.15, 0.2) is 5.03 Å². The third-order valence-corrected chi connectivity index (χ3v) is 3.51. The molecule has 4 nitrogen and oxygen atoms in total. The van der Waals surface area contributed by atoms with Crippen LogP contribution in [0.1, 0.15) is 6.92 Å². The highest BCUT2D eigenvalue weighted by Gasteiger charge is 2.15. The lowest BCUT2D eigenvalue weighted by molar-refractivity contribution is 0.541. The van der Waals surface area contributed by atoms with Crippen molar-refractivity contribution < 1.29 is 8.78 Å². The summed E-state index contributed by atoms with van der Waals surface area (Å²) < 4.78 is 28.7. The Labute approximate surface area is 112 Å². The van der Waals surface area contributed by atoms with Gasteiger partial charge in [0.05, 0.1) is 4.90 Å². The number of aromatic nitrogens is 2. The molecule has 0 saturated carbocycles. The first kappa shape index (κ1) is 13.5. The Kier molecular flexibility index (Phi) is 3.84. The van der Waals surface area contributed by atoms with Gasteiger partial charge in [0.2, 0.25) is 0 Å². The zero-order chi connectivity index (χ0) is 14.0. The molecule has 1 heterocycles. The zero-order valence-corrected chi connectivity index (χ0v) is 10.9. The normalized spacial score (nSPS) is 10.7. The summed E-state index contributed by atoms with van der Waals surface area (Å²) in [6.07, 6.45) is 2.93. The lowest BCUT2D eigenvalue weighted by atomic mass is 10.3. The van der Waals surface area contributed by atoms with Gasteiger partial charge in [-0.2, -0.15) is 0 Å². The highest BCUT2D eigenvalue weighted by Crippen LogP contribution is 2.30. The van der Waals surface area contributed by atoms with Gasteiger partial charge in [-0.25, -0.2) is 13.8 Å². The molecular formula is C12H11F2N3OS. The number of nitrogens with zero attached hydrogens (tertiary/aromatic N) is 2. The monoisotopic (exact) mass is 283 g/mol. The Morgan fingerprint density at radius 1 is 1.37 bits per heavy atom. The molecule has 100 valence electrons. The molecule has 0 amide bonds. The van der Waals surface area contributed by atoms with Crippen molar-refractivity contribution >= 4 is 17.4 Å². The first-order valence-corrected chi connectivity index (χ1v) is 6.32. The van der Waals surface area contributed by atoms with E-state index in [4.69, 9.17) is 5.73 Å². The molecule has 1 aromatic heterocycles. The summed E-state index contributed by atoms with van der Waals surface area (Å²) in [7, 11) is 0. The summed E-state index contributed by atoms with van der Waals surface area (Å²) >= 11 is 0.656. The molecule has 7 heteroatoms. The van der Waals surface area contributed by atoms with Gasteiger partial charge in [0.1, 0.15) is 11.6 Å². The third-order valence-electron chi connectivity index (χ3n) is 2.44. The van der Waals surface area contributed by atoms with Crippen LogP contribution < -0.4 is 11.3 Å². The van der Waals surface area contributed by atoms with E-state index in [1.807, 2.05) is 0 Å². The average molecular weight is 283 g/mol. The van der Waals surface area contributed by atoms with Gasteiger partial charge in [-0.3, -0.25) is 4.79 Å². The Morgan fingerprint density at radius 2 is 2.00 bits per heavy atom. The number of benzene rings is 1. The molecule has 0 bridgehead atoms. The fourth-order valence-electron chi connectivity index (χ4n) is 1.52. The molecule has 0 aliphatic rings. The molecule has 1 aromatic carbocycles. The number of anilines is 1. The maximum absolute atomic E-state index is 13.6. The fourth-order valence-corrected chi connectivity index (χ4v) is 2.34. The molecule has 0 unspecified atom stereocenters. The summed E-state index contributed by atoms with van der Waals surface area (Å²) in [4.78, 5) is 15.5. The van der Waals surface area contributed by atoms with Gasteiger partial charge in [0.25, 0.3) is 5.56 Å². The summed E-state index contributed by atoms with van der Waals surface area (Å²) in [5.74, 6) is -1.62. The quantitative estimate of drug-likeness (QED) is 0.878. The van der Waals surface area contributed by atoms with Gasteiger partial charge in [-0.15, -0.1) is 0 Å². The standard InChI is InChI=1S/C12H11F2N3OS/c1-2-17-4-3-16-11(12(17)18)19-10-8(13)5-7(15)6-9(10)14/h3-6H,2,15H2,1H3. The van der Waals surface area contributed by atoms with Crippen molar-refractivity contribution in [3.8, 4) is 0 Å². The number of hydrogen-bond donors (Lipinski definition) is 1. The highest BCUT2D eigenvalue weighted by molar-refractivity contribution is 7.99. The van der Waals surface area contributed by atoms with Crippen molar-refractivity contribution in [1.29, 1.82) is 0 Å². The second kappa shape index (κ2) is 5.40. The third kappa shape index (κ3) is 2.76. The molecule has 0 fully saturated rings. The minimum absolute atomic E-state index is 0.00802. The lowest BCUT2D eigenvalue weighted by Gasteiger charge is -2.06. The number of nitrogens with two attached hydrogens (primary N) is 1. The van der Waals surface area contributed by atoms with Gasteiger partial charge < -0.3 is 10.3 Å². The van der Waals surface area contributed by atoms with Gasteiger partial charge >= 0.3 is 0 Å². The second-order valence-electron chi connectivity index (χ2n) is 3.74. The SMILES string of the molecule is CCn1ccnc(Sc2c(F)cc(N)cc2F)c1=O. The minimum atomic E-state index is -0.810. The van der Waals surface area contributed by atoms with Crippen molar-refractivity contribution in [2.45, 2.75) is 23.4 Å². The van der Waals surface area contributed by atoms with E-state index in [0.717, 1.165) is 12.1 Å². The van der Waals surface area contributed by atoms with Crippen molar-refractivity contribution in [2.75, 3.05) is 5.73 Å². The van der Waals surface area contributed by atoms with Crippen molar-refractivity contribution in [2.24, 2.45) is 0 Å². The Hall–Kier alpha value is -1.89. The maximum Gasteiger partial charge on any atom is 0.283 e. The molecule has 19 heavy (non-hydrogen) atoms. The predicted octanol–water partition coefficient (Wildman–Crippen LogP) is 2.27. The average Bonchev–Trinajstić information content (AvgIpc) is 2.35. The van der Waals surface area contributed by atoms with Crippen LogP contribution in [0.2, 0.25) is 0 Å². The molecule has 0 radical (unpaired) electrons. The van der Waals surface area contributed by atoms with Crippen LogP contribution in [-0.4, -0.2) is 9.55 Å². The summed E-state index contributed by atoms with van der Waals surface area (Å²) in [6, 6.07) is 2.01. The van der Waals surface area contributed by atoms with E-state index in [-0.39, 0.29) is 21.2 Å². The Morgan fingerprint density at radius 3 is 2.58 bits per heavy atom. The van der Waals surface area contributed by atoms with Crippen LogP contribution in [0, 0.1) is 11.6 Å². The number of halogens is 2. The molecule has 0 aliphatic heterocycles. The van der Waals surface area contributed by atoms with Gasteiger partial charge in [0, 0.05) is 24.6 Å². The Bertz CT molecular complexity index is 649. The number of hydrogen-bond acceptors (Lipinski definition) is 4. The highest BCUT2D eigenvalue weighted by atomic mass is 32.2. The van der Waals surface area contributed by atoms with Crippen molar-refractivity contribution in [3.05, 3.63) is 46.5 Å². The van der Waals surface area contributed by atoms with Crippen LogP contribution >= 0.6 is 11.8 Å². The topological polar surface area (TPSA) is 60.9 Å². The summed E-state index contributed by atoms with van der Waals surface area (Å²) in [5, 5.41) is 0.0203.